The summed E-state index contributed by atoms with van der Waals surface area (Å²) < 4.78 is 5.70. The van der Waals surface area contributed by atoms with E-state index in [4.69, 9.17) is 10.5 Å². The molecule has 8 nitrogen and oxygen atoms in total. The number of fused-ring (bicyclic) bond motifs is 1. The Morgan fingerprint density at radius 2 is 2.20 bits per heavy atom. The number of thiazole rings is 1. The lowest BCUT2D eigenvalue weighted by Crippen LogP contribution is -2.34. The van der Waals surface area contributed by atoms with Crippen LogP contribution in [0.25, 0.3) is 0 Å². The van der Waals surface area contributed by atoms with Gasteiger partial charge in [0, 0.05) is 25.7 Å². The zero-order valence-corrected chi connectivity index (χ0v) is 14.6. The Morgan fingerprint density at radius 3 is 2.96 bits per heavy atom. The summed E-state index contributed by atoms with van der Waals surface area (Å²) in [5.74, 6) is -0.0547. The van der Waals surface area contributed by atoms with Crippen LogP contribution in [0.3, 0.4) is 0 Å². The Hall–Kier alpha value is -2.65. The van der Waals surface area contributed by atoms with E-state index in [1.807, 2.05) is 29.2 Å². The Morgan fingerprint density at radius 1 is 1.40 bits per heavy atom. The number of hydrogen-bond donors (Lipinski definition) is 3. The molecule has 1 aromatic carbocycles. The van der Waals surface area contributed by atoms with E-state index in [1.54, 1.807) is 7.05 Å². The van der Waals surface area contributed by atoms with Crippen molar-refractivity contribution in [3.05, 3.63) is 35.5 Å². The summed E-state index contributed by atoms with van der Waals surface area (Å²) >= 11 is 1.17. The molecule has 0 fully saturated rings. The number of benzene rings is 1. The molecule has 2 amide bonds. The number of carbonyl (C=O) groups is 2. The minimum Gasteiger partial charge on any atom is -0.492 e. The van der Waals surface area contributed by atoms with Gasteiger partial charge in [0.2, 0.25) is 5.91 Å². The highest BCUT2D eigenvalue weighted by atomic mass is 32.1. The van der Waals surface area contributed by atoms with Crippen molar-refractivity contribution < 1.29 is 14.3 Å². The number of nitrogens with two attached hydrogens (primary N) is 1. The zero-order valence-electron chi connectivity index (χ0n) is 13.7. The molecule has 0 saturated heterocycles. The van der Waals surface area contributed by atoms with Crippen LogP contribution in [0.5, 0.6) is 5.75 Å². The number of para-hydroxylation sites is 1. The molecule has 0 atom stereocenters. The summed E-state index contributed by atoms with van der Waals surface area (Å²) in [4.78, 5) is 29.9. The predicted molar refractivity (Wildman–Crippen MR) is 96.0 cm³/mol. The monoisotopic (exact) mass is 361 g/mol. The van der Waals surface area contributed by atoms with Gasteiger partial charge >= 0.3 is 0 Å². The first-order valence-corrected chi connectivity index (χ1v) is 8.59. The SMILES string of the molecule is CNc1nc(C(N)=O)c(NC(=O)CN2CCOc3ccccc3C2)s1. The fourth-order valence-corrected chi connectivity index (χ4v) is 3.40. The average Bonchev–Trinajstić information content (AvgIpc) is 2.88. The van der Waals surface area contributed by atoms with E-state index in [0.29, 0.717) is 29.8 Å². The molecule has 0 spiro atoms. The average molecular weight is 361 g/mol. The summed E-state index contributed by atoms with van der Waals surface area (Å²) in [7, 11) is 1.68. The van der Waals surface area contributed by atoms with Gasteiger partial charge < -0.3 is 21.1 Å². The summed E-state index contributed by atoms with van der Waals surface area (Å²) in [5.41, 5.74) is 6.42. The highest BCUT2D eigenvalue weighted by Gasteiger charge is 2.21. The second-order valence-corrected chi connectivity index (χ2v) is 6.53. The Kier molecular flexibility index (Phi) is 5.15. The molecule has 0 unspecified atom stereocenters. The van der Waals surface area contributed by atoms with E-state index in [9.17, 15) is 9.59 Å². The Bertz CT molecular complexity index is 792. The van der Waals surface area contributed by atoms with Crippen molar-refractivity contribution in [3.63, 3.8) is 0 Å². The fraction of sp³-hybridized carbons (Fsp3) is 0.312. The van der Waals surface area contributed by atoms with E-state index in [2.05, 4.69) is 15.6 Å². The molecule has 1 aliphatic heterocycles. The summed E-state index contributed by atoms with van der Waals surface area (Å²) in [6, 6.07) is 7.78. The lowest BCUT2D eigenvalue weighted by Gasteiger charge is -2.18. The molecule has 0 bridgehead atoms. The van der Waals surface area contributed by atoms with Gasteiger partial charge in [-0.2, -0.15) is 0 Å². The molecule has 2 aromatic rings. The molecule has 3 rings (SSSR count). The summed E-state index contributed by atoms with van der Waals surface area (Å²) in [6.07, 6.45) is 0. The van der Waals surface area contributed by atoms with Gasteiger partial charge in [0.15, 0.2) is 10.8 Å². The van der Waals surface area contributed by atoms with Crippen LogP contribution in [-0.4, -0.2) is 48.4 Å². The number of carbonyl (C=O) groups excluding carboxylic acids is 2. The number of nitrogens with zero attached hydrogens (tertiary/aromatic N) is 2. The van der Waals surface area contributed by atoms with Crippen molar-refractivity contribution in [3.8, 4) is 5.75 Å². The topological polar surface area (TPSA) is 110 Å². The number of hydrogen-bond acceptors (Lipinski definition) is 7. The number of ether oxygens (including phenoxy) is 1. The molecule has 25 heavy (non-hydrogen) atoms. The molecule has 4 N–H and O–H groups in total. The first-order valence-electron chi connectivity index (χ1n) is 7.78. The first kappa shape index (κ1) is 17.2. The van der Waals surface area contributed by atoms with Gasteiger partial charge in [0.25, 0.3) is 5.91 Å². The van der Waals surface area contributed by atoms with Crippen molar-refractivity contribution >= 4 is 33.3 Å². The van der Waals surface area contributed by atoms with E-state index >= 15 is 0 Å². The highest BCUT2D eigenvalue weighted by Crippen LogP contribution is 2.28. The summed E-state index contributed by atoms with van der Waals surface area (Å²) in [5, 5.41) is 6.44. The predicted octanol–water partition coefficient (Wildman–Crippen LogP) is 1.12. The van der Waals surface area contributed by atoms with E-state index in [-0.39, 0.29) is 18.1 Å². The number of primary amides is 1. The lowest BCUT2D eigenvalue weighted by molar-refractivity contribution is -0.117. The van der Waals surface area contributed by atoms with Gasteiger partial charge in [-0.15, -0.1) is 0 Å². The van der Waals surface area contributed by atoms with Crippen LogP contribution in [0.1, 0.15) is 16.1 Å². The van der Waals surface area contributed by atoms with Gasteiger partial charge in [-0.3, -0.25) is 14.5 Å². The normalized spacial score (nSPS) is 14.1. The summed E-state index contributed by atoms with van der Waals surface area (Å²) in [6.45, 7) is 1.95. The van der Waals surface area contributed by atoms with Gasteiger partial charge in [-0.1, -0.05) is 29.5 Å². The molecule has 0 radical (unpaired) electrons. The third-order valence-corrected chi connectivity index (χ3v) is 4.71. The van der Waals surface area contributed by atoms with Crippen molar-refractivity contribution in [2.75, 3.05) is 37.4 Å². The van der Waals surface area contributed by atoms with Gasteiger partial charge in [0.1, 0.15) is 17.4 Å². The van der Waals surface area contributed by atoms with Crippen LogP contribution in [-0.2, 0) is 11.3 Å². The van der Waals surface area contributed by atoms with Crippen molar-refractivity contribution in [2.24, 2.45) is 5.73 Å². The fourth-order valence-electron chi connectivity index (χ4n) is 2.56. The smallest absolute Gasteiger partial charge is 0.270 e. The number of aromatic nitrogens is 1. The van der Waals surface area contributed by atoms with Crippen LogP contribution in [0.15, 0.2) is 24.3 Å². The quantitative estimate of drug-likeness (QED) is 0.736. The number of anilines is 2. The van der Waals surface area contributed by atoms with E-state index in [0.717, 1.165) is 11.3 Å². The molecule has 9 heteroatoms. The molecule has 2 heterocycles. The van der Waals surface area contributed by atoms with Crippen LogP contribution in [0, 0.1) is 0 Å². The van der Waals surface area contributed by atoms with Crippen LogP contribution in [0.2, 0.25) is 0 Å². The van der Waals surface area contributed by atoms with Gasteiger partial charge in [-0.05, 0) is 6.07 Å². The Labute approximate surface area is 149 Å². The second kappa shape index (κ2) is 7.49. The number of amides is 2. The van der Waals surface area contributed by atoms with Gasteiger partial charge in [0.05, 0.1) is 6.54 Å². The third kappa shape index (κ3) is 4.06. The van der Waals surface area contributed by atoms with Crippen molar-refractivity contribution in [1.82, 2.24) is 9.88 Å². The van der Waals surface area contributed by atoms with Crippen LogP contribution in [0.4, 0.5) is 10.1 Å². The second-order valence-electron chi connectivity index (χ2n) is 5.53. The molecular weight excluding hydrogens is 342 g/mol. The van der Waals surface area contributed by atoms with Crippen molar-refractivity contribution in [1.29, 1.82) is 0 Å². The van der Waals surface area contributed by atoms with Crippen molar-refractivity contribution in [2.45, 2.75) is 6.54 Å². The number of rotatable bonds is 5. The molecule has 0 aliphatic carbocycles. The van der Waals surface area contributed by atoms with Crippen LogP contribution < -0.4 is 21.1 Å². The van der Waals surface area contributed by atoms with E-state index < -0.39 is 5.91 Å². The van der Waals surface area contributed by atoms with Gasteiger partial charge in [-0.25, -0.2) is 4.98 Å². The molecule has 1 aromatic heterocycles. The largest absolute Gasteiger partial charge is 0.492 e. The highest BCUT2D eigenvalue weighted by molar-refractivity contribution is 7.20. The minimum atomic E-state index is -0.676. The number of nitrogens with one attached hydrogen (secondary N) is 2. The maximum absolute atomic E-state index is 12.4. The maximum atomic E-state index is 12.4. The Balaban J connectivity index is 1.67. The zero-order chi connectivity index (χ0) is 17.8. The molecule has 132 valence electrons. The lowest BCUT2D eigenvalue weighted by atomic mass is 10.2. The first-order chi connectivity index (χ1) is 12.1. The van der Waals surface area contributed by atoms with E-state index in [1.165, 1.54) is 11.3 Å². The third-order valence-electron chi connectivity index (χ3n) is 3.73. The molecule has 1 aliphatic rings. The standard InChI is InChI=1S/C16H19N5O3S/c1-18-16-20-13(14(17)23)15(25-16)19-12(22)9-21-6-7-24-11-5-3-2-4-10(11)8-21/h2-5H,6-9H2,1H3,(H2,17,23)(H,18,20)(H,19,22). The molecule has 0 saturated carbocycles. The maximum Gasteiger partial charge on any atom is 0.270 e. The minimum absolute atomic E-state index is 0.0623. The molecular formula is C16H19N5O3S. The van der Waals surface area contributed by atoms with Crippen LogP contribution >= 0.6 is 11.3 Å².